The largest absolute Gasteiger partial charge is 0.0840 e. The van der Waals surface area contributed by atoms with Gasteiger partial charge in [-0.15, -0.1) is 0 Å². The molecule has 0 fully saturated rings. The average Bonchev–Trinajstić information content (AvgIpc) is 2.35. The Morgan fingerprint density at radius 1 is 0.833 bits per heavy atom. The van der Waals surface area contributed by atoms with Gasteiger partial charge < -0.3 is 0 Å². The van der Waals surface area contributed by atoms with Gasteiger partial charge >= 0.3 is 0 Å². The van der Waals surface area contributed by atoms with Crippen molar-refractivity contribution >= 4 is 46.4 Å². The number of hydrogen-bond acceptors (Lipinski definition) is 0. The van der Waals surface area contributed by atoms with Crippen LogP contribution in [0.1, 0.15) is 16.7 Å². The zero-order valence-corrected chi connectivity index (χ0v) is 12.6. The van der Waals surface area contributed by atoms with E-state index in [1.807, 2.05) is 19.1 Å². The van der Waals surface area contributed by atoms with Crippen molar-refractivity contribution in [1.29, 1.82) is 0 Å². The smallest absolute Gasteiger partial charge is 0.0627 e. The van der Waals surface area contributed by atoms with Crippen molar-refractivity contribution in [2.75, 3.05) is 0 Å². The molecule has 2 aromatic rings. The first-order chi connectivity index (χ1) is 8.50. The Kier molecular flexibility index (Phi) is 4.45. The van der Waals surface area contributed by atoms with Gasteiger partial charge in [0, 0.05) is 16.5 Å². The van der Waals surface area contributed by atoms with Gasteiger partial charge in [0.25, 0.3) is 0 Å². The average molecular weight is 320 g/mol. The molecule has 94 valence electrons. The molecule has 2 rings (SSSR count). The summed E-state index contributed by atoms with van der Waals surface area (Å²) in [7, 11) is 0. The molecule has 0 radical (unpaired) electrons. The molecular formula is C14H10Cl4. The second-order valence-electron chi connectivity index (χ2n) is 4.02. The summed E-state index contributed by atoms with van der Waals surface area (Å²) < 4.78 is 0. The fourth-order valence-electron chi connectivity index (χ4n) is 1.79. The number of rotatable bonds is 2. The molecule has 0 unspecified atom stereocenters. The third-order valence-corrected chi connectivity index (χ3v) is 4.50. The molecule has 0 aliphatic carbocycles. The lowest BCUT2D eigenvalue weighted by molar-refractivity contribution is 1.16. The lowest BCUT2D eigenvalue weighted by Crippen LogP contribution is -1.95. The molecular weight excluding hydrogens is 310 g/mol. The number of hydrogen-bond donors (Lipinski definition) is 0. The number of halogens is 4. The lowest BCUT2D eigenvalue weighted by Gasteiger charge is -2.11. The molecule has 0 atom stereocenters. The molecule has 0 aromatic heterocycles. The molecule has 0 nitrogen and oxygen atoms in total. The van der Waals surface area contributed by atoms with Gasteiger partial charge in [-0.2, -0.15) is 0 Å². The minimum atomic E-state index is 0.546. The van der Waals surface area contributed by atoms with Crippen LogP contribution in [0.5, 0.6) is 0 Å². The fourth-order valence-corrected chi connectivity index (χ4v) is 2.62. The first kappa shape index (κ1) is 14.0. The van der Waals surface area contributed by atoms with Gasteiger partial charge in [-0.05, 0) is 41.8 Å². The fraction of sp³-hybridized carbons (Fsp3) is 0.143. The summed E-state index contributed by atoms with van der Waals surface area (Å²) in [5.41, 5.74) is 2.89. The SMILES string of the molecule is Cc1c(Cl)ccc(Cl)c1Cc1cccc(Cl)c1Cl. The summed E-state index contributed by atoms with van der Waals surface area (Å²) >= 11 is 24.5. The molecule has 0 aliphatic rings. The highest BCUT2D eigenvalue weighted by Crippen LogP contribution is 2.32. The van der Waals surface area contributed by atoms with E-state index in [2.05, 4.69) is 0 Å². The summed E-state index contributed by atoms with van der Waals surface area (Å²) in [4.78, 5) is 0. The Morgan fingerprint density at radius 3 is 2.22 bits per heavy atom. The summed E-state index contributed by atoms with van der Waals surface area (Å²) in [6.07, 6.45) is 0.616. The van der Waals surface area contributed by atoms with E-state index in [0.717, 1.165) is 16.7 Å². The summed E-state index contributed by atoms with van der Waals surface area (Å²) in [5.74, 6) is 0. The van der Waals surface area contributed by atoms with Crippen LogP contribution in [0.3, 0.4) is 0 Å². The standard InChI is InChI=1S/C14H10Cl4/c1-8-10(12(16)6-5-11(8)15)7-9-3-2-4-13(17)14(9)18/h2-6H,7H2,1H3. The molecule has 4 heteroatoms. The van der Waals surface area contributed by atoms with Crippen LogP contribution >= 0.6 is 46.4 Å². The monoisotopic (exact) mass is 318 g/mol. The third-order valence-electron chi connectivity index (χ3n) is 2.87. The van der Waals surface area contributed by atoms with Gasteiger partial charge in [0.2, 0.25) is 0 Å². The van der Waals surface area contributed by atoms with Crippen molar-refractivity contribution in [3.63, 3.8) is 0 Å². The van der Waals surface area contributed by atoms with Crippen molar-refractivity contribution in [1.82, 2.24) is 0 Å². The van der Waals surface area contributed by atoms with Gasteiger partial charge in [-0.1, -0.05) is 58.5 Å². The topological polar surface area (TPSA) is 0 Å². The highest BCUT2D eigenvalue weighted by molar-refractivity contribution is 6.42. The molecule has 0 saturated heterocycles. The van der Waals surface area contributed by atoms with Crippen molar-refractivity contribution in [2.45, 2.75) is 13.3 Å². The maximum atomic E-state index is 6.21. The van der Waals surface area contributed by atoms with Gasteiger partial charge in [-0.3, -0.25) is 0 Å². The van der Waals surface area contributed by atoms with E-state index in [0.29, 0.717) is 26.5 Å². The quantitative estimate of drug-likeness (QED) is 0.618. The van der Waals surface area contributed by atoms with Crippen LogP contribution in [0, 0.1) is 6.92 Å². The summed E-state index contributed by atoms with van der Waals surface area (Å²) in [5, 5.41) is 2.50. The van der Waals surface area contributed by atoms with Crippen LogP contribution in [0.2, 0.25) is 20.1 Å². The zero-order valence-electron chi connectivity index (χ0n) is 9.61. The molecule has 0 saturated carbocycles. The molecule has 2 aromatic carbocycles. The second-order valence-corrected chi connectivity index (χ2v) is 5.62. The van der Waals surface area contributed by atoms with Gasteiger partial charge in [0.15, 0.2) is 0 Å². The van der Waals surface area contributed by atoms with E-state index < -0.39 is 0 Å². The maximum absolute atomic E-state index is 6.21. The zero-order chi connectivity index (χ0) is 13.3. The molecule has 0 heterocycles. The summed E-state index contributed by atoms with van der Waals surface area (Å²) in [6.45, 7) is 1.95. The second kappa shape index (κ2) is 5.71. The van der Waals surface area contributed by atoms with Gasteiger partial charge in [0.05, 0.1) is 10.0 Å². The molecule has 18 heavy (non-hydrogen) atoms. The number of benzene rings is 2. The van der Waals surface area contributed by atoms with E-state index in [1.54, 1.807) is 18.2 Å². The Bertz CT molecular complexity index is 591. The Morgan fingerprint density at radius 2 is 1.50 bits per heavy atom. The summed E-state index contributed by atoms with van der Waals surface area (Å²) in [6, 6.07) is 9.16. The minimum Gasteiger partial charge on any atom is -0.0840 e. The molecule has 0 spiro atoms. The predicted molar refractivity (Wildman–Crippen MR) is 80.5 cm³/mol. The van der Waals surface area contributed by atoms with Gasteiger partial charge in [-0.25, -0.2) is 0 Å². The van der Waals surface area contributed by atoms with E-state index >= 15 is 0 Å². The predicted octanol–water partition coefficient (Wildman–Crippen LogP) is 6.20. The maximum Gasteiger partial charge on any atom is 0.0627 e. The van der Waals surface area contributed by atoms with Crippen molar-refractivity contribution in [3.8, 4) is 0 Å². The van der Waals surface area contributed by atoms with E-state index in [1.165, 1.54) is 0 Å². The van der Waals surface area contributed by atoms with Crippen molar-refractivity contribution in [3.05, 3.63) is 67.1 Å². The van der Waals surface area contributed by atoms with Crippen LogP contribution in [0.4, 0.5) is 0 Å². The minimum absolute atomic E-state index is 0.546. The first-order valence-electron chi connectivity index (χ1n) is 5.37. The Hall–Kier alpha value is -0.400. The molecule has 0 bridgehead atoms. The normalized spacial score (nSPS) is 10.7. The van der Waals surface area contributed by atoms with Crippen LogP contribution < -0.4 is 0 Å². The molecule has 0 aliphatic heterocycles. The third kappa shape index (κ3) is 2.78. The van der Waals surface area contributed by atoms with Crippen molar-refractivity contribution in [2.24, 2.45) is 0 Å². The Balaban J connectivity index is 2.46. The highest BCUT2D eigenvalue weighted by Gasteiger charge is 2.11. The van der Waals surface area contributed by atoms with E-state index in [4.69, 9.17) is 46.4 Å². The first-order valence-corrected chi connectivity index (χ1v) is 6.88. The van der Waals surface area contributed by atoms with Crippen molar-refractivity contribution < 1.29 is 0 Å². The van der Waals surface area contributed by atoms with Crippen LogP contribution in [0.15, 0.2) is 30.3 Å². The van der Waals surface area contributed by atoms with Crippen LogP contribution in [0.25, 0.3) is 0 Å². The Labute approximate surface area is 126 Å². The lowest BCUT2D eigenvalue weighted by atomic mass is 10.0. The highest BCUT2D eigenvalue weighted by atomic mass is 35.5. The van der Waals surface area contributed by atoms with E-state index in [9.17, 15) is 0 Å². The molecule has 0 amide bonds. The molecule has 0 N–H and O–H groups in total. The van der Waals surface area contributed by atoms with Crippen LogP contribution in [-0.4, -0.2) is 0 Å². The van der Waals surface area contributed by atoms with E-state index in [-0.39, 0.29) is 0 Å². The van der Waals surface area contributed by atoms with Gasteiger partial charge in [0.1, 0.15) is 0 Å². The van der Waals surface area contributed by atoms with Crippen LogP contribution in [-0.2, 0) is 6.42 Å².